The van der Waals surface area contributed by atoms with E-state index in [-0.39, 0.29) is 0 Å². The zero-order chi connectivity index (χ0) is 6.41. The number of carbonyl (C=O) groups excluding carboxylic acids is 1. The maximum Gasteiger partial charge on any atom is 0.428 e. The molecule has 0 saturated carbocycles. The van der Waals surface area contributed by atoms with E-state index in [9.17, 15) is 9.90 Å². The van der Waals surface area contributed by atoms with Crippen molar-refractivity contribution in [2.75, 3.05) is 6.54 Å². The molecule has 0 rings (SSSR count). The molecule has 1 N–H and O–H groups in total. The Morgan fingerprint density at radius 1 is 1.88 bits per heavy atom. The van der Waals surface area contributed by atoms with E-state index in [4.69, 9.17) is 0 Å². The molecular formula is C4H6NO2S. The van der Waals surface area contributed by atoms with Gasteiger partial charge in [-0.3, -0.25) is 4.72 Å². The van der Waals surface area contributed by atoms with Crippen molar-refractivity contribution < 1.29 is 9.90 Å². The Labute approximate surface area is 51.9 Å². The molecule has 0 fully saturated rings. The lowest BCUT2D eigenvalue weighted by molar-refractivity contribution is 0.199. The van der Waals surface area contributed by atoms with Crippen LogP contribution >= 0.6 is 11.9 Å². The number of nitrogens with one attached hydrogen (secondary N) is 1. The molecular weight excluding hydrogens is 126 g/mol. The van der Waals surface area contributed by atoms with Crippen molar-refractivity contribution in [2.24, 2.45) is 0 Å². The Kier molecular flexibility index (Phi) is 4.39. The third-order valence-electron chi connectivity index (χ3n) is 0.383. The van der Waals surface area contributed by atoms with Crippen LogP contribution in [0.15, 0.2) is 12.7 Å². The van der Waals surface area contributed by atoms with Gasteiger partial charge in [0, 0.05) is 18.5 Å². The van der Waals surface area contributed by atoms with Gasteiger partial charge in [-0.15, -0.1) is 6.58 Å². The Morgan fingerprint density at radius 3 is 2.88 bits per heavy atom. The van der Waals surface area contributed by atoms with E-state index in [1.807, 2.05) is 0 Å². The molecule has 0 aliphatic rings. The van der Waals surface area contributed by atoms with Gasteiger partial charge in [-0.1, -0.05) is 6.08 Å². The molecule has 4 heteroatoms. The van der Waals surface area contributed by atoms with Crippen molar-refractivity contribution >= 4 is 17.2 Å². The van der Waals surface area contributed by atoms with Crippen LogP contribution in [-0.2, 0) is 5.11 Å². The average molecular weight is 132 g/mol. The standard InChI is InChI=1S/C4H6NO2S/c1-2-3-5-8-4(6)7/h2,5H,1,3H2. The fraction of sp³-hybridized carbons (Fsp3) is 0.250. The van der Waals surface area contributed by atoms with Crippen LogP contribution in [0.2, 0.25) is 0 Å². The lowest BCUT2D eigenvalue weighted by Gasteiger charge is -1.88. The predicted octanol–water partition coefficient (Wildman–Crippen LogP) is 0.961. The van der Waals surface area contributed by atoms with Crippen LogP contribution in [0.5, 0.6) is 0 Å². The first-order chi connectivity index (χ1) is 3.77. The maximum atomic E-state index is 9.63. The van der Waals surface area contributed by atoms with Crippen LogP contribution in [0.4, 0.5) is 4.79 Å². The number of carbonyl (C=O) groups is 1. The van der Waals surface area contributed by atoms with Crippen molar-refractivity contribution in [1.29, 1.82) is 0 Å². The maximum absolute atomic E-state index is 9.63. The van der Waals surface area contributed by atoms with Gasteiger partial charge >= 0.3 is 5.30 Å². The van der Waals surface area contributed by atoms with Gasteiger partial charge in [-0.25, -0.2) is 9.90 Å². The minimum atomic E-state index is -1.17. The fourth-order valence-electron chi connectivity index (χ4n) is 0.160. The zero-order valence-corrected chi connectivity index (χ0v) is 5.03. The van der Waals surface area contributed by atoms with E-state index >= 15 is 0 Å². The van der Waals surface area contributed by atoms with E-state index in [0.717, 1.165) is 0 Å². The smallest absolute Gasteiger partial charge is 0.251 e. The van der Waals surface area contributed by atoms with Crippen molar-refractivity contribution in [2.45, 2.75) is 0 Å². The van der Waals surface area contributed by atoms with Crippen molar-refractivity contribution in [1.82, 2.24) is 4.72 Å². The molecule has 0 spiro atoms. The van der Waals surface area contributed by atoms with E-state index in [2.05, 4.69) is 11.3 Å². The zero-order valence-electron chi connectivity index (χ0n) is 4.22. The van der Waals surface area contributed by atoms with Gasteiger partial charge in [0.1, 0.15) is 0 Å². The molecule has 0 bridgehead atoms. The number of hydrogen-bond acceptors (Lipinski definition) is 3. The fourth-order valence-corrected chi connectivity index (χ4v) is 0.479. The molecule has 45 valence electrons. The minimum Gasteiger partial charge on any atom is -0.251 e. The molecule has 0 aromatic rings. The highest BCUT2D eigenvalue weighted by molar-refractivity contribution is 8.11. The van der Waals surface area contributed by atoms with Crippen molar-refractivity contribution in [3.05, 3.63) is 12.7 Å². The first-order valence-electron chi connectivity index (χ1n) is 1.99. The van der Waals surface area contributed by atoms with Gasteiger partial charge in [0.25, 0.3) is 0 Å². The molecule has 0 aliphatic carbocycles. The summed E-state index contributed by atoms with van der Waals surface area (Å²) in [6, 6.07) is 0. The average Bonchev–Trinajstić information content (AvgIpc) is 1.66. The topological polar surface area (TPSA) is 49.0 Å². The summed E-state index contributed by atoms with van der Waals surface area (Å²) in [6.45, 7) is 3.84. The summed E-state index contributed by atoms with van der Waals surface area (Å²) in [5, 5.41) is 8.45. The molecule has 0 unspecified atom stereocenters. The highest BCUT2D eigenvalue weighted by Gasteiger charge is 1.95. The van der Waals surface area contributed by atoms with Crippen LogP contribution in [0, 0.1) is 0 Å². The van der Waals surface area contributed by atoms with Gasteiger partial charge in [0.05, 0.1) is 0 Å². The van der Waals surface area contributed by atoms with Gasteiger partial charge in [-0.05, 0) is 0 Å². The summed E-state index contributed by atoms with van der Waals surface area (Å²) < 4.78 is 2.47. The normalized spacial score (nSPS) is 8.50. The van der Waals surface area contributed by atoms with Crippen molar-refractivity contribution in [3.8, 4) is 0 Å². The second kappa shape index (κ2) is 4.67. The molecule has 1 radical (unpaired) electrons. The number of rotatable bonds is 3. The Bertz CT molecular complexity index is 94.0. The molecule has 8 heavy (non-hydrogen) atoms. The first-order valence-corrected chi connectivity index (χ1v) is 2.80. The highest BCUT2D eigenvalue weighted by atomic mass is 32.2. The molecule has 0 amide bonds. The summed E-state index contributed by atoms with van der Waals surface area (Å²) >= 11 is 0.540. The third kappa shape index (κ3) is 5.52. The Balaban J connectivity index is 2.93. The summed E-state index contributed by atoms with van der Waals surface area (Å²) in [5.74, 6) is 0. The van der Waals surface area contributed by atoms with Gasteiger partial charge in [0.15, 0.2) is 0 Å². The second-order valence-corrected chi connectivity index (χ2v) is 1.82. The lowest BCUT2D eigenvalue weighted by atomic mass is 10.7. The van der Waals surface area contributed by atoms with E-state index in [1.165, 1.54) is 0 Å². The second-order valence-electron chi connectivity index (χ2n) is 0.989. The summed E-state index contributed by atoms with van der Waals surface area (Å²) in [6.07, 6.45) is 1.57. The number of hydrogen-bond donors (Lipinski definition) is 1. The predicted molar refractivity (Wildman–Crippen MR) is 31.9 cm³/mol. The molecule has 0 aromatic carbocycles. The van der Waals surface area contributed by atoms with E-state index < -0.39 is 5.30 Å². The van der Waals surface area contributed by atoms with Gasteiger partial charge in [-0.2, -0.15) is 0 Å². The third-order valence-corrected chi connectivity index (χ3v) is 0.861. The van der Waals surface area contributed by atoms with Crippen LogP contribution in [-0.4, -0.2) is 11.8 Å². The summed E-state index contributed by atoms with van der Waals surface area (Å²) in [7, 11) is 0. The lowest BCUT2D eigenvalue weighted by Crippen LogP contribution is -2.04. The van der Waals surface area contributed by atoms with E-state index in [1.54, 1.807) is 6.08 Å². The van der Waals surface area contributed by atoms with Crippen LogP contribution in [0.25, 0.3) is 0 Å². The molecule has 0 atom stereocenters. The summed E-state index contributed by atoms with van der Waals surface area (Å²) in [5.41, 5.74) is 0. The van der Waals surface area contributed by atoms with Gasteiger partial charge < -0.3 is 0 Å². The summed E-state index contributed by atoms with van der Waals surface area (Å²) in [4.78, 5) is 9.63. The quantitative estimate of drug-likeness (QED) is 0.353. The largest absolute Gasteiger partial charge is 0.428 e. The Morgan fingerprint density at radius 2 is 2.50 bits per heavy atom. The van der Waals surface area contributed by atoms with Crippen molar-refractivity contribution in [3.63, 3.8) is 0 Å². The highest BCUT2D eigenvalue weighted by Crippen LogP contribution is 1.91. The molecule has 0 aromatic heterocycles. The molecule has 0 aliphatic heterocycles. The van der Waals surface area contributed by atoms with Gasteiger partial charge in [0.2, 0.25) is 0 Å². The minimum absolute atomic E-state index is 0.471. The monoisotopic (exact) mass is 132 g/mol. The SMILES string of the molecule is C=CCNSC([O])=O. The Hall–Kier alpha value is -0.480. The van der Waals surface area contributed by atoms with E-state index in [0.29, 0.717) is 18.5 Å². The molecule has 3 nitrogen and oxygen atoms in total. The molecule has 0 heterocycles. The van der Waals surface area contributed by atoms with Crippen LogP contribution < -0.4 is 4.72 Å². The first kappa shape index (κ1) is 7.52. The molecule has 0 saturated heterocycles. The van der Waals surface area contributed by atoms with Crippen LogP contribution in [0.3, 0.4) is 0 Å². The van der Waals surface area contributed by atoms with Crippen LogP contribution in [0.1, 0.15) is 0 Å².